The first-order chi connectivity index (χ1) is 12.2. The molecule has 1 aromatic rings. The fraction of sp³-hybridized carbons (Fsp3) is 0.650. The first-order valence-electron chi connectivity index (χ1n) is 9.52. The fourth-order valence-electron chi connectivity index (χ4n) is 2.58. The molecule has 0 amide bonds. The number of hydrogen-bond acceptors (Lipinski definition) is 3. The molecule has 0 heterocycles. The number of aliphatic hydroxyl groups is 1. The maximum absolute atomic E-state index is 9.15. The molecule has 1 unspecified atom stereocenters. The van der Waals surface area contributed by atoms with Crippen molar-refractivity contribution in [3.8, 4) is 5.75 Å². The summed E-state index contributed by atoms with van der Waals surface area (Å²) in [5.74, 6) is 2.21. The Morgan fingerprint density at radius 3 is 2.56 bits per heavy atom. The summed E-state index contributed by atoms with van der Waals surface area (Å²) in [6, 6.07) is 8.12. The van der Waals surface area contributed by atoms with Crippen LogP contribution in [0.5, 0.6) is 5.75 Å². The number of aliphatic hydroxyl groups excluding tert-OH is 1. The van der Waals surface area contributed by atoms with Gasteiger partial charge in [0.2, 0.25) is 0 Å². The van der Waals surface area contributed by atoms with Crippen LogP contribution in [-0.2, 0) is 0 Å². The number of nitrogens with zero attached hydrogens (tertiary/aromatic N) is 1. The molecule has 0 bridgehead atoms. The highest BCUT2D eigenvalue weighted by Gasteiger charge is 2.07. The van der Waals surface area contributed by atoms with Crippen LogP contribution in [0.15, 0.2) is 29.3 Å². The van der Waals surface area contributed by atoms with Crippen LogP contribution in [0, 0.1) is 12.8 Å². The Balaban J connectivity index is 2.31. The molecule has 0 saturated heterocycles. The van der Waals surface area contributed by atoms with Crippen molar-refractivity contribution in [1.82, 2.24) is 10.6 Å². The predicted octanol–water partition coefficient (Wildman–Crippen LogP) is 3.12. The number of aryl methyl sites for hydroxylation is 1. The molecule has 1 rings (SSSR count). The predicted molar refractivity (Wildman–Crippen MR) is 105 cm³/mol. The summed E-state index contributed by atoms with van der Waals surface area (Å²) in [5, 5.41) is 15.8. The Hall–Kier alpha value is -1.75. The molecule has 0 spiro atoms. The zero-order valence-electron chi connectivity index (χ0n) is 16.1. The van der Waals surface area contributed by atoms with E-state index in [-0.39, 0.29) is 6.61 Å². The summed E-state index contributed by atoms with van der Waals surface area (Å²) >= 11 is 0. The van der Waals surface area contributed by atoms with Gasteiger partial charge in [0.25, 0.3) is 0 Å². The highest BCUT2D eigenvalue weighted by Crippen LogP contribution is 2.12. The molecule has 1 aromatic carbocycles. The van der Waals surface area contributed by atoms with Crippen LogP contribution >= 0.6 is 0 Å². The van der Waals surface area contributed by atoms with Crippen LogP contribution in [0.1, 0.15) is 45.1 Å². The van der Waals surface area contributed by atoms with Crippen molar-refractivity contribution in [1.29, 1.82) is 0 Å². The zero-order valence-corrected chi connectivity index (χ0v) is 16.1. The third kappa shape index (κ3) is 9.97. The molecule has 0 radical (unpaired) electrons. The Morgan fingerprint density at radius 2 is 1.92 bits per heavy atom. The average molecular weight is 350 g/mol. The van der Waals surface area contributed by atoms with Crippen molar-refractivity contribution in [3.63, 3.8) is 0 Å². The van der Waals surface area contributed by atoms with Gasteiger partial charge in [-0.05, 0) is 51.2 Å². The standard InChI is InChI=1S/C20H35N3O2/c1-4-7-18(12-14-24)16-23-20(21-5-2)22-13-6-15-25-19-10-8-17(3)9-11-19/h8-11,18,24H,4-7,12-16H2,1-3H3,(H2,21,22,23). The number of guanidine groups is 1. The lowest BCUT2D eigenvalue weighted by molar-refractivity contribution is 0.253. The van der Waals surface area contributed by atoms with Crippen LogP contribution in [-0.4, -0.2) is 43.9 Å². The maximum Gasteiger partial charge on any atom is 0.191 e. The SMILES string of the molecule is CCCC(CCO)CN=C(NCC)NCCCOc1ccc(C)cc1. The molecular weight excluding hydrogens is 314 g/mol. The summed E-state index contributed by atoms with van der Waals surface area (Å²) in [7, 11) is 0. The second-order valence-corrected chi connectivity index (χ2v) is 6.33. The van der Waals surface area contributed by atoms with Crippen molar-refractivity contribution in [2.45, 2.75) is 46.5 Å². The summed E-state index contributed by atoms with van der Waals surface area (Å²) < 4.78 is 5.74. The molecule has 0 aliphatic heterocycles. The van der Waals surface area contributed by atoms with Gasteiger partial charge in [-0.15, -0.1) is 0 Å². The minimum atomic E-state index is 0.237. The van der Waals surface area contributed by atoms with Crippen LogP contribution in [0.25, 0.3) is 0 Å². The minimum Gasteiger partial charge on any atom is -0.494 e. The Bertz CT molecular complexity index is 468. The van der Waals surface area contributed by atoms with Crippen molar-refractivity contribution in [2.24, 2.45) is 10.9 Å². The van der Waals surface area contributed by atoms with Gasteiger partial charge in [-0.2, -0.15) is 0 Å². The summed E-state index contributed by atoms with van der Waals surface area (Å²) in [6.45, 7) is 9.63. The third-order valence-corrected chi connectivity index (χ3v) is 3.99. The normalized spacial score (nSPS) is 12.7. The van der Waals surface area contributed by atoms with E-state index in [1.54, 1.807) is 0 Å². The van der Waals surface area contributed by atoms with Crippen molar-refractivity contribution in [3.05, 3.63) is 29.8 Å². The van der Waals surface area contributed by atoms with Crippen LogP contribution < -0.4 is 15.4 Å². The quantitative estimate of drug-likeness (QED) is 0.308. The first-order valence-corrected chi connectivity index (χ1v) is 9.52. The van der Waals surface area contributed by atoms with E-state index in [1.165, 1.54) is 5.56 Å². The van der Waals surface area contributed by atoms with E-state index in [1.807, 2.05) is 12.1 Å². The summed E-state index contributed by atoms with van der Waals surface area (Å²) in [4.78, 5) is 4.66. The molecule has 25 heavy (non-hydrogen) atoms. The van der Waals surface area contributed by atoms with Gasteiger partial charge in [-0.25, -0.2) is 0 Å². The molecule has 5 heteroatoms. The zero-order chi connectivity index (χ0) is 18.3. The van der Waals surface area contributed by atoms with Crippen molar-refractivity contribution < 1.29 is 9.84 Å². The van der Waals surface area contributed by atoms with Gasteiger partial charge in [0.15, 0.2) is 5.96 Å². The van der Waals surface area contributed by atoms with E-state index in [2.05, 4.69) is 48.5 Å². The van der Waals surface area contributed by atoms with E-state index < -0.39 is 0 Å². The van der Waals surface area contributed by atoms with Gasteiger partial charge < -0.3 is 20.5 Å². The van der Waals surface area contributed by atoms with Gasteiger partial charge in [0, 0.05) is 26.2 Å². The fourth-order valence-corrected chi connectivity index (χ4v) is 2.58. The third-order valence-electron chi connectivity index (χ3n) is 3.99. The lowest BCUT2D eigenvalue weighted by Crippen LogP contribution is -2.38. The topological polar surface area (TPSA) is 65.9 Å². The van der Waals surface area contributed by atoms with E-state index in [0.29, 0.717) is 12.5 Å². The average Bonchev–Trinajstić information content (AvgIpc) is 2.61. The summed E-state index contributed by atoms with van der Waals surface area (Å²) in [5.41, 5.74) is 1.24. The van der Waals surface area contributed by atoms with Crippen LogP contribution in [0.3, 0.4) is 0 Å². The van der Waals surface area contributed by atoms with Crippen molar-refractivity contribution >= 4 is 5.96 Å². The smallest absolute Gasteiger partial charge is 0.191 e. The largest absolute Gasteiger partial charge is 0.494 e. The maximum atomic E-state index is 9.15. The molecule has 142 valence electrons. The Labute approximate surface area is 152 Å². The second-order valence-electron chi connectivity index (χ2n) is 6.33. The first kappa shape index (κ1) is 21.3. The molecule has 0 aromatic heterocycles. The second kappa shape index (κ2) is 13.5. The van der Waals surface area contributed by atoms with Crippen LogP contribution in [0.4, 0.5) is 0 Å². The highest BCUT2D eigenvalue weighted by atomic mass is 16.5. The van der Waals surface area contributed by atoms with Crippen LogP contribution in [0.2, 0.25) is 0 Å². The van der Waals surface area contributed by atoms with E-state index in [4.69, 9.17) is 9.84 Å². The molecule has 0 aliphatic carbocycles. The van der Waals surface area contributed by atoms with Gasteiger partial charge in [-0.1, -0.05) is 31.0 Å². The van der Waals surface area contributed by atoms with E-state index in [9.17, 15) is 0 Å². The number of aliphatic imine (C=N–C) groups is 1. The highest BCUT2D eigenvalue weighted by molar-refractivity contribution is 5.79. The number of hydrogen-bond donors (Lipinski definition) is 3. The van der Waals surface area contributed by atoms with Crippen molar-refractivity contribution in [2.75, 3.05) is 32.8 Å². The van der Waals surface area contributed by atoms with E-state index >= 15 is 0 Å². The lowest BCUT2D eigenvalue weighted by Gasteiger charge is -2.15. The monoisotopic (exact) mass is 349 g/mol. The van der Waals surface area contributed by atoms with Gasteiger partial charge >= 0.3 is 0 Å². The molecule has 1 atom stereocenters. The summed E-state index contributed by atoms with van der Waals surface area (Å²) in [6.07, 6.45) is 3.96. The molecule has 0 fully saturated rings. The van der Waals surface area contributed by atoms with Gasteiger partial charge in [-0.3, -0.25) is 4.99 Å². The molecule has 5 nitrogen and oxygen atoms in total. The molecule has 0 saturated carbocycles. The van der Waals surface area contributed by atoms with Gasteiger partial charge in [0.05, 0.1) is 6.61 Å². The number of rotatable bonds is 12. The molecular formula is C20H35N3O2. The number of benzene rings is 1. The lowest BCUT2D eigenvalue weighted by atomic mass is 10.0. The minimum absolute atomic E-state index is 0.237. The molecule has 0 aliphatic rings. The van der Waals surface area contributed by atoms with E-state index in [0.717, 1.165) is 57.0 Å². The number of ether oxygens (including phenoxy) is 1. The molecule has 3 N–H and O–H groups in total. The Kier molecular flexibility index (Phi) is 11.5. The Morgan fingerprint density at radius 1 is 1.16 bits per heavy atom. The van der Waals surface area contributed by atoms with Gasteiger partial charge in [0.1, 0.15) is 5.75 Å². The number of nitrogens with one attached hydrogen (secondary N) is 2.